The molecule has 0 aliphatic carbocycles. The molecule has 6 atom stereocenters. The maximum absolute atomic E-state index is 13.6. The Morgan fingerprint density at radius 1 is 1.05 bits per heavy atom. The second kappa shape index (κ2) is 14.8. The van der Waals surface area contributed by atoms with Crippen LogP contribution in [0.5, 0.6) is 5.75 Å². The number of carboxylic acid groups (broad SMARTS) is 1. The summed E-state index contributed by atoms with van der Waals surface area (Å²) < 4.78 is 38.4. The van der Waals surface area contributed by atoms with Gasteiger partial charge in [-0.05, 0) is 72.5 Å². The number of aliphatic carboxylic acids is 1. The predicted octanol–water partition coefficient (Wildman–Crippen LogP) is 5.31. The normalized spacial score (nSPS) is 24.0. The minimum absolute atomic E-state index is 0.0492. The summed E-state index contributed by atoms with van der Waals surface area (Å²) in [4.78, 5) is 27.0. The molecule has 5 rings (SSSR count). The lowest BCUT2D eigenvalue weighted by molar-refractivity contribution is -0.239. The van der Waals surface area contributed by atoms with Crippen molar-refractivity contribution in [3.63, 3.8) is 0 Å². The number of benzene rings is 3. The van der Waals surface area contributed by atoms with E-state index in [1.165, 1.54) is 24.3 Å². The van der Waals surface area contributed by atoms with Crippen molar-refractivity contribution in [3.05, 3.63) is 89.7 Å². The van der Waals surface area contributed by atoms with Crippen LogP contribution in [0.15, 0.2) is 77.7 Å². The van der Waals surface area contributed by atoms with Gasteiger partial charge in [0.15, 0.2) is 12.4 Å². The first-order valence-electron chi connectivity index (χ1n) is 13.7. The summed E-state index contributed by atoms with van der Waals surface area (Å²) in [6, 6.07) is 18.4. The molecule has 2 aliphatic heterocycles. The number of amides is 1. The van der Waals surface area contributed by atoms with Crippen molar-refractivity contribution in [3.8, 4) is 5.75 Å². The Morgan fingerprint density at radius 2 is 1.70 bits per heavy atom. The smallest absolute Gasteiger partial charge is 0.333 e. The Kier molecular flexibility index (Phi) is 11.1. The monoisotopic (exact) mass is 617 g/mol. The van der Waals surface area contributed by atoms with Gasteiger partial charge in [0.05, 0.1) is 36.3 Å². The van der Waals surface area contributed by atoms with Gasteiger partial charge in [0, 0.05) is 30.5 Å². The molecule has 1 amide bonds. The van der Waals surface area contributed by atoms with E-state index in [4.69, 9.17) is 14.6 Å². The zero-order valence-corrected chi connectivity index (χ0v) is 24.1. The van der Waals surface area contributed by atoms with E-state index in [-0.39, 0.29) is 42.7 Å². The van der Waals surface area contributed by atoms with E-state index in [0.717, 1.165) is 12.7 Å². The molecule has 2 fully saturated rings. The van der Waals surface area contributed by atoms with Crippen molar-refractivity contribution < 1.29 is 47.8 Å². The van der Waals surface area contributed by atoms with Crippen LogP contribution >= 0.6 is 12.1 Å². The van der Waals surface area contributed by atoms with Gasteiger partial charge >= 0.3 is 5.97 Å². The Hall–Kier alpha value is -3.55. The molecular weight excluding hydrogens is 584 g/mol. The molecule has 0 saturated carbocycles. The van der Waals surface area contributed by atoms with Crippen molar-refractivity contribution >= 4 is 29.7 Å². The molecule has 2 saturated heterocycles. The topological polar surface area (TPSA) is 137 Å². The number of hydrogen-bond donors (Lipinski definition) is 4. The number of β-lactam (4-membered cyclic amide) rings is 1. The third-order valence-electron chi connectivity index (χ3n) is 7.49. The number of carbonyl (C=O) groups is 2. The number of aromatic hydroxyl groups is 1. The molecule has 0 spiro atoms. The van der Waals surface area contributed by atoms with Crippen molar-refractivity contribution in [1.29, 1.82) is 0 Å². The number of hydrogen-bond acceptors (Lipinski definition) is 8. The lowest BCUT2D eigenvalue weighted by atomic mass is 9.78. The molecule has 230 valence electrons. The van der Waals surface area contributed by atoms with Crippen LogP contribution in [0.4, 0.5) is 14.0 Å². The number of rotatable bonds is 10. The van der Waals surface area contributed by atoms with Crippen LogP contribution in [0.2, 0.25) is 0 Å². The van der Waals surface area contributed by atoms with E-state index in [2.05, 4.69) is 0 Å². The highest BCUT2D eigenvalue weighted by atomic mass is 32.2. The lowest BCUT2D eigenvalue weighted by Gasteiger charge is -2.48. The van der Waals surface area contributed by atoms with Gasteiger partial charge in [-0.25, -0.2) is 9.18 Å². The molecule has 3 aromatic carbocycles. The molecule has 2 aliphatic rings. The summed E-state index contributed by atoms with van der Waals surface area (Å²) >= 11 is 0.103. The minimum atomic E-state index is -1.22. The summed E-state index contributed by atoms with van der Waals surface area (Å²) in [5.74, 6) is -2.16. The van der Waals surface area contributed by atoms with Gasteiger partial charge < -0.3 is 34.8 Å². The van der Waals surface area contributed by atoms with Crippen molar-refractivity contribution in [2.24, 2.45) is 5.92 Å². The molecule has 0 aromatic heterocycles. The van der Waals surface area contributed by atoms with E-state index in [9.17, 15) is 33.2 Å². The number of nitrogens with zero attached hydrogens (tertiary/aromatic N) is 1. The van der Waals surface area contributed by atoms with Crippen LogP contribution < -0.4 is 4.90 Å². The molecule has 12 heteroatoms. The van der Waals surface area contributed by atoms with Gasteiger partial charge in [0.25, 0.3) is 0 Å². The Bertz CT molecular complexity index is 1360. The van der Waals surface area contributed by atoms with Crippen molar-refractivity contribution in [2.75, 3.05) is 12.0 Å². The summed E-state index contributed by atoms with van der Waals surface area (Å²) in [5, 5.41) is 36.4. The fraction of sp³-hybridized carbons (Fsp3) is 0.355. The highest BCUT2D eigenvalue weighted by molar-refractivity contribution is 7.94. The van der Waals surface area contributed by atoms with Crippen LogP contribution in [0.3, 0.4) is 0 Å². The minimum Gasteiger partial charge on any atom is -0.508 e. The first-order chi connectivity index (χ1) is 20.7. The first-order valence-corrected chi connectivity index (χ1v) is 14.4. The number of aliphatic hydroxyl groups is 2. The fourth-order valence-corrected chi connectivity index (χ4v) is 5.68. The third kappa shape index (κ3) is 7.70. The van der Waals surface area contributed by atoms with E-state index in [1.807, 2.05) is 0 Å². The van der Waals surface area contributed by atoms with Crippen LogP contribution in [-0.4, -0.2) is 57.9 Å². The second-order valence-electron chi connectivity index (χ2n) is 10.2. The molecule has 0 radical (unpaired) electrons. The molecule has 2 heterocycles. The molecular formula is C31H33F2NO8S. The molecule has 43 heavy (non-hydrogen) atoms. The second-order valence-corrected chi connectivity index (χ2v) is 10.8. The third-order valence-corrected chi connectivity index (χ3v) is 7.94. The average Bonchev–Trinajstić information content (AvgIpc) is 3.01. The number of halogens is 2. The number of carbonyl (C=O) groups excluding carboxylic acids is 1. The van der Waals surface area contributed by atoms with Gasteiger partial charge in [-0.2, -0.15) is 3.89 Å². The molecule has 3 unspecified atom stereocenters. The van der Waals surface area contributed by atoms with Gasteiger partial charge in [0.1, 0.15) is 11.6 Å². The van der Waals surface area contributed by atoms with E-state index < -0.39 is 42.3 Å². The number of phenolic OH excluding ortho intramolecular Hbond substituents is 1. The highest BCUT2D eigenvalue weighted by Crippen LogP contribution is 2.47. The Labute approximate surface area is 252 Å². The van der Waals surface area contributed by atoms with Gasteiger partial charge in [-0.1, -0.05) is 24.3 Å². The number of phenols is 1. The number of ether oxygens (including phenoxy) is 2. The van der Waals surface area contributed by atoms with E-state index >= 15 is 0 Å². The quantitative estimate of drug-likeness (QED) is 0.223. The molecule has 0 bridgehead atoms. The molecule has 3 aromatic rings. The zero-order valence-electron chi connectivity index (χ0n) is 23.3. The number of carboxylic acids is 1. The van der Waals surface area contributed by atoms with Crippen LogP contribution in [0, 0.1) is 11.7 Å². The van der Waals surface area contributed by atoms with Crippen LogP contribution in [-0.2, 0) is 19.1 Å². The summed E-state index contributed by atoms with van der Waals surface area (Å²) in [6.45, 7) is 0. The summed E-state index contributed by atoms with van der Waals surface area (Å²) in [7, 11) is 1.00. The maximum atomic E-state index is 13.6. The Balaban J connectivity index is 0.00000207. The Morgan fingerprint density at radius 3 is 2.30 bits per heavy atom. The molecule has 9 nitrogen and oxygen atoms in total. The lowest BCUT2D eigenvalue weighted by Crippen LogP contribution is -2.55. The SMILES string of the molecule is CO.O=C(O)[C@@H]1CC(O)C[C@H](O[C@@H](CCC2C(=O)N(c3ccc(F)cc3)C2c2ccc(O)cc2)c2ccc(SF)cc2)O1. The van der Waals surface area contributed by atoms with E-state index in [1.54, 1.807) is 53.4 Å². The highest BCUT2D eigenvalue weighted by Gasteiger charge is 2.48. The van der Waals surface area contributed by atoms with Gasteiger partial charge in [-0.3, -0.25) is 4.79 Å². The summed E-state index contributed by atoms with van der Waals surface area (Å²) in [6.07, 6.45) is -3.06. The first kappa shape index (κ1) is 32.4. The van der Waals surface area contributed by atoms with E-state index in [0.29, 0.717) is 29.0 Å². The van der Waals surface area contributed by atoms with Gasteiger partial charge in [0.2, 0.25) is 5.91 Å². The van der Waals surface area contributed by atoms with Crippen molar-refractivity contribution in [1.82, 2.24) is 0 Å². The standard InChI is InChI=1S/C30H29F2NO7S.CH4O/c31-19-5-7-20(8-6-19)33-28(18-1-9-21(34)10-2-18)24(29(33)36)13-14-25(17-3-11-23(41-32)12-4-17)39-27-16-22(35)15-26(40-27)30(37)38;1-2/h1-12,22,24-28,34-35H,13-16H2,(H,37,38);2H,1H3/t22?,24?,25-,26-,27+,28?;/m0./s1. The maximum Gasteiger partial charge on any atom is 0.333 e. The number of aliphatic hydroxyl groups excluding tert-OH is 2. The summed E-state index contributed by atoms with van der Waals surface area (Å²) in [5.41, 5.74) is 2.02. The average molecular weight is 618 g/mol. The zero-order chi connectivity index (χ0) is 31.1. The molecule has 4 N–H and O–H groups in total. The fourth-order valence-electron chi connectivity index (χ4n) is 5.44. The van der Waals surface area contributed by atoms with Crippen LogP contribution in [0.1, 0.15) is 49.0 Å². The van der Waals surface area contributed by atoms with Crippen molar-refractivity contribution in [2.45, 2.75) is 61.2 Å². The predicted molar refractivity (Wildman–Crippen MR) is 154 cm³/mol. The van der Waals surface area contributed by atoms with Crippen LogP contribution in [0.25, 0.3) is 0 Å². The van der Waals surface area contributed by atoms with Gasteiger partial charge in [-0.15, -0.1) is 0 Å². The largest absolute Gasteiger partial charge is 0.508 e. The number of anilines is 1.